The van der Waals surface area contributed by atoms with Crippen molar-refractivity contribution in [1.29, 1.82) is 0 Å². The summed E-state index contributed by atoms with van der Waals surface area (Å²) in [4.78, 5) is 0. The average Bonchev–Trinajstić information content (AvgIpc) is 2.83. The van der Waals surface area contributed by atoms with Gasteiger partial charge >= 0.3 is 0 Å². The minimum atomic E-state index is -0.163. The first-order valence-electron chi connectivity index (χ1n) is 6.87. The first-order valence-corrected chi connectivity index (χ1v) is 7.24. The van der Waals surface area contributed by atoms with Crippen molar-refractivity contribution in [2.24, 2.45) is 5.84 Å². The van der Waals surface area contributed by atoms with Crippen molar-refractivity contribution in [2.75, 3.05) is 0 Å². The average molecular weight is 293 g/mol. The molecule has 1 unspecified atom stereocenters. The van der Waals surface area contributed by atoms with Crippen LogP contribution in [0.3, 0.4) is 0 Å². The Bertz CT molecular complexity index is 577. The minimum Gasteiger partial charge on any atom is -0.271 e. The van der Waals surface area contributed by atoms with E-state index in [0.29, 0.717) is 5.02 Å². The summed E-state index contributed by atoms with van der Waals surface area (Å²) in [6.07, 6.45) is 2.62. The Morgan fingerprint density at radius 1 is 1.35 bits per heavy atom. The monoisotopic (exact) mass is 292 g/mol. The van der Waals surface area contributed by atoms with E-state index in [0.717, 1.165) is 17.7 Å². The van der Waals surface area contributed by atoms with Crippen LogP contribution in [-0.2, 0) is 6.42 Å². The van der Waals surface area contributed by atoms with Crippen molar-refractivity contribution in [3.8, 4) is 0 Å². The van der Waals surface area contributed by atoms with Gasteiger partial charge in [0, 0.05) is 6.04 Å². The van der Waals surface area contributed by atoms with Crippen molar-refractivity contribution in [3.63, 3.8) is 0 Å². The largest absolute Gasteiger partial charge is 0.271 e. The highest BCUT2D eigenvalue weighted by molar-refractivity contribution is 6.31. The van der Waals surface area contributed by atoms with E-state index >= 15 is 0 Å². The van der Waals surface area contributed by atoms with Gasteiger partial charge in [0.05, 0.1) is 23.0 Å². The Labute approximate surface area is 124 Å². The van der Waals surface area contributed by atoms with E-state index in [1.165, 1.54) is 5.56 Å². The number of aromatic nitrogens is 2. The minimum absolute atomic E-state index is 0.163. The van der Waals surface area contributed by atoms with Crippen molar-refractivity contribution >= 4 is 11.6 Å². The maximum atomic E-state index is 6.33. The molecular formula is C15H21ClN4. The van der Waals surface area contributed by atoms with Crippen molar-refractivity contribution in [2.45, 2.75) is 39.3 Å². The molecule has 0 amide bonds. The fourth-order valence-corrected chi connectivity index (χ4v) is 2.73. The van der Waals surface area contributed by atoms with Gasteiger partial charge in [0.1, 0.15) is 0 Å². The van der Waals surface area contributed by atoms with Crippen LogP contribution in [0, 0.1) is 0 Å². The zero-order valence-electron chi connectivity index (χ0n) is 12.1. The molecule has 0 fully saturated rings. The topological polar surface area (TPSA) is 55.9 Å². The molecule has 5 heteroatoms. The third-order valence-corrected chi connectivity index (χ3v) is 3.75. The Kier molecular flexibility index (Phi) is 4.81. The zero-order chi connectivity index (χ0) is 14.7. The normalized spacial score (nSPS) is 12.9. The van der Waals surface area contributed by atoms with Crippen LogP contribution in [0.2, 0.25) is 5.02 Å². The summed E-state index contributed by atoms with van der Waals surface area (Å²) in [6.45, 7) is 6.28. The number of nitrogens with two attached hydrogens (primary N) is 1. The first-order chi connectivity index (χ1) is 9.60. The molecular weight excluding hydrogens is 272 g/mol. The Balaban J connectivity index is 2.55. The highest BCUT2D eigenvalue weighted by Gasteiger charge is 2.23. The van der Waals surface area contributed by atoms with Gasteiger partial charge in [-0.2, -0.15) is 5.10 Å². The molecule has 0 aliphatic rings. The first kappa shape index (κ1) is 15.0. The number of nitrogens with one attached hydrogen (secondary N) is 1. The van der Waals surface area contributed by atoms with Crippen LogP contribution in [0.15, 0.2) is 30.5 Å². The molecule has 108 valence electrons. The molecule has 20 heavy (non-hydrogen) atoms. The maximum absolute atomic E-state index is 6.33. The highest BCUT2D eigenvalue weighted by atomic mass is 35.5. The third kappa shape index (κ3) is 2.73. The van der Waals surface area contributed by atoms with E-state index in [1.807, 2.05) is 16.8 Å². The summed E-state index contributed by atoms with van der Waals surface area (Å²) in [5, 5.41) is 4.99. The van der Waals surface area contributed by atoms with Gasteiger partial charge in [0.2, 0.25) is 0 Å². The SMILES string of the molecule is CCc1ccccc1C(NN)c1c(Cl)cnn1C(C)C. The standard InChI is InChI=1S/C15H21ClN4/c1-4-11-7-5-6-8-12(11)14(19-17)15-13(16)9-18-20(15)10(2)3/h5-10,14,19H,4,17H2,1-3H3. The molecule has 1 aromatic carbocycles. The second-order valence-electron chi connectivity index (χ2n) is 5.07. The molecule has 0 aliphatic heterocycles. The number of hydrazine groups is 1. The quantitative estimate of drug-likeness (QED) is 0.657. The summed E-state index contributed by atoms with van der Waals surface area (Å²) in [5.74, 6) is 5.81. The zero-order valence-corrected chi connectivity index (χ0v) is 12.9. The lowest BCUT2D eigenvalue weighted by Gasteiger charge is -2.22. The third-order valence-electron chi connectivity index (χ3n) is 3.46. The lowest BCUT2D eigenvalue weighted by atomic mass is 9.96. The molecule has 0 bridgehead atoms. The van der Waals surface area contributed by atoms with Gasteiger partial charge in [-0.3, -0.25) is 10.5 Å². The van der Waals surface area contributed by atoms with Crippen molar-refractivity contribution < 1.29 is 0 Å². The second-order valence-corrected chi connectivity index (χ2v) is 5.48. The van der Waals surface area contributed by atoms with E-state index in [1.54, 1.807) is 6.20 Å². The van der Waals surface area contributed by atoms with Crippen LogP contribution < -0.4 is 11.3 Å². The smallest absolute Gasteiger partial charge is 0.0896 e. The lowest BCUT2D eigenvalue weighted by Crippen LogP contribution is -2.32. The van der Waals surface area contributed by atoms with Gasteiger partial charge in [-0.25, -0.2) is 5.43 Å². The van der Waals surface area contributed by atoms with Crippen LogP contribution >= 0.6 is 11.6 Å². The van der Waals surface area contributed by atoms with E-state index in [4.69, 9.17) is 17.4 Å². The molecule has 3 N–H and O–H groups in total. The highest BCUT2D eigenvalue weighted by Crippen LogP contribution is 2.31. The molecule has 0 saturated heterocycles. The predicted octanol–water partition coefficient (Wildman–Crippen LogP) is 3.23. The van der Waals surface area contributed by atoms with Crippen LogP contribution in [0.5, 0.6) is 0 Å². The van der Waals surface area contributed by atoms with Crippen LogP contribution in [0.25, 0.3) is 0 Å². The predicted molar refractivity (Wildman–Crippen MR) is 82.6 cm³/mol. The molecule has 1 heterocycles. The molecule has 1 atom stereocenters. The maximum Gasteiger partial charge on any atom is 0.0896 e. The van der Waals surface area contributed by atoms with Gasteiger partial charge in [-0.1, -0.05) is 42.8 Å². The molecule has 4 nitrogen and oxygen atoms in total. The number of hydrogen-bond donors (Lipinski definition) is 2. The van der Waals surface area contributed by atoms with E-state index in [-0.39, 0.29) is 12.1 Å². The van der Waals surface area contributed by atoms with Gasteiger partial charge < -0.3 is 0 Å². The van der Waals surface area contributed by atoms with Crippen molar-refractivity contribution in [1.82, 2.24) is 15.2 Å². The Morgan fingerprint density at radius 2 is 2.05 bits per heavy atom. The van der Waals surface area contributed by atoms with Crippen LogP contribution in [0.4, 0.5) is 0 Å². The Hall–Kier alpha value is -1.36. The number of halogens is 1. The van der Waals surface area contributed by atoms with E-state index in [2.05, 4.69) is 43.4 Å². The number of hydrogen-bond acceptors (Lipinski definition) is 3. The van der Waals surface area contributed by atoms with Gasteiger partial charge in [0.15, 0.2) is 0 Å². The van der Waals surface area contributed by atoms with Gasteiger partial charge in [0.25, 0.3) is 0 Å². The van der Waals surface area contributed by atoms with Gasteiger partial charge in [-0.15, -0.1) is 0 Å². The fourth-order valence-electron chi connectivity index (χ4n) is 2.49. The lowest BCUT2D eigenvalue weighted by molar-refractivity contribution is 0.475. The second kappa shape index (κ2) is 6.39. The summed E-state index contributed by atoms with van der Waals surface area (Å²) in [7, 11) is 0. The molecule has 2 aromatic rings. The molecule has 2 rings (SSSR count). The molecule has 0 aliphatic carbocycles. The summed E-state index contributed by atoms with van der Waals surface area (Å²) < 4.78 is 1.92. The fraction of sp³-hybridized carbons (Fsp3) is 0.400. The number of benzene rings is 1. The van der Waals surface area contributed by atoms with Crippen LogP contribution in [-0.4, -0.2) is 9.78 Å². The van der Waals surface area contributed by atoms with Crippen molar-refractivity contribution in [3.05, 3.63) is 52.3 Å². The number of aryl methyl sites for hydroxylation is 1. The Morgan fingerprint density at radius 3 is 2.65 bits per heavy atom. The van der Waals surface area contributed by atoms with E-state index in [9.17, 15) is 0 Å². The summed E-state index contributed by atoms with van der Waals surface area (Å²) in [5.41, 5.74) is 6.19. The molecule has 0 spiro atoms. The number of rotatable bonds is 5. The molecule has 0 radical (unpaired) electrons. The molecule has 0 saturated carbocycles. The number of nitrogens with zero attached hydrogens (tertiary/aromatic N) is 2. The van der Waals surface area contributed by atoms with Gasteiger partial charge in [-0.05, 0) is 31.4 Å². The van der Waals surface area contributed by atoms with E-state index < -0.39 is 0 Å². The van der Waals surface area contributed by atoms with Crippen LogP contribution in [0.1, 0.15) is 49.7 Å². The summed E-state index contributed by atoms with van der Waals surface area (Å²) in [6, 6.07) is 8.31. The molecule has 1 aromatic heterocycles. The summed E-state index contributed by atoms with van der Waals surface area (Å²) >= 11 is 6.33.